The van der Waals surface area contributed by atoms with Crippen LogP contribution in [0.1, 0.15) is 44.7 Å². The van der Waals surface area contributed by atoms with Crippen LogP contribution in [0.15, 0.2) is 12.4 Å². The summed E-state index contributed by atoms with van der Waals surface area (Å²) in [6.45, 7) is 2.20. The number of hydrogen-bond donors (Lipinski definition) is 0. The van der Waals surface area contributed by atoms with E-state index < -0.39 is 0 Å². The Morgan fingerprint density at radius 1 is 1.28 bits per heavy atom. The van der Waals surface area contributed by atoms with Gasteiger partial charge < -0.3 is 4.90 Å². The van der Waals surface area contributed by atoms with E-state index in [2.05, 4.69) is 43.8 Å². The van der Waals surface area contributed by atoms with Crippen LogP contribution in [0.3, 0.4) is 0 Å². The molecule has 2 atom stereocenters. The first kappa shape index (κ1) is 12.4. The van der Waals surface area contributed by atoms with Gasteiger partial charge in [-0.2, -0.15) is 0 Å². The zero-order valence-electron chi connectivity index (χ0n) is 10.8. The molecule has 1 aromatic heterocycles. The third-order valence-electron chi connectivity index (χ3n) is 4.16. The maximum Gasteiger partial charge on any atom is 0.132 e. The minimum absolute atomic E-state index is 0.678. The van der Waals surface area contributed by atoms with Crippen LogP contribution in [0.25, 0.3) is 0 Å². The second-order valence-corrected chi connectivity index (χ2v) is 6.77. The predicted molar refractivity (Wildman–Crippen MR) is 77.3 cm³/mol. The average Bonchev–Trinajstić information content (AvgIpc) is 2.63. The number of nitrogens with zero attached hydrogens (tertiary/aromatic N) is 3. The molecular weight excluding hydrogens is 290 g/mol. The van der Waals surface area contributed by atoms with Crippen LogP contribution in [0, 0.1) is 0 Å². The first-order chi connectivity index (χ1) is 8.78. The largest absolute Gasteiger partial charge is 0.350 e. The van der Waals surface area contributed by atoms with Crippen molar-refractivity contribution in [1.29, 1.82) is 0 Å². The Kier molecular flexibility index (Phi) is 3.55. The Balaban J connectivity index is 1.84. The zero-order chi connectivity index (χ0) is 12.5. The van der Waals surface area contributed by atoms with Crippen molar-refractivity contribution >= 4 is 21.7 Å². The topological polar surface area (TPSA) is 29.0 Å². The van der Waals surface area contributed by atoms with Crippen LogP contribution in [-0.2, 0) is 6.42 Å². The number of halogens is 1. The molecule has 3 heterocycles. The Hall–Kier alpha value is -0.640. The molecule has 18 heavy (non-hydrogen) atoms. The van der Waals surface area contributed by atoms with E-state index in [-0.39, 0.29) is 0 Å². The second-order valence-electron chi connectivity index (χ2n) is 5.48. The Labute approximate surface area is 117 Å². The van der Waals surface area contributed by atoms with Gasteiger partial charge in [0.25, 0.3) is 0 Å². The molecule has 2 bridgehead atoms. The fraction of sp³-hybridized carbons (Fsp3) is 0.714. The molecule has 0 N–H and O–H groups in total. The summed E-state index contributed by atoms with van der Waals surface area (Å²) in [5, 5.41) is 0. The van der Waals surface area contributed by atoms with Gasteiger partial charge in [0.15, 0.2) is 0 Å². The molecule has 0 spiro atoms. The molecule has 3 rings (SSSR count). The quantitative estimate of drug-likeness (QED) is 0.802. The molecule has 2 aliphatic heterocycles. The molecule has 0 aromatic carbocycles. The molecule has 0 saturated carbocycles. The normalized spacial score (nSPS) is 30.8. The summed E-state index contributed by atoms with van der Waals surface area (Å²) >= 11 is 3.79. The summed E-state index contributed by atoms with van der Waals surface area (Å²) < 4.78 is 0. The summed E-state index contributed by atoms with van der Waals surface area (Å²) in [6.07, 6.45) is 9.08. The highest BCUT2D eigenvalue weighted by Gasteiger charge is 2.40. The molecule has 2 unspecified atom stereocenters. The minimum atomic E-state index is 0.678. The van der Waals surface area contributed by atoms with E-state index in [0.717, 1.165) is 18.7 Å². The molecule has 0 radical (unpaired) electrons. The Morgan fingerprint density at radius 2 is 2.00 bits per heavy atom. The van der Waals surface area contributed by atoms with Crippen LogP contribution in [0.2, 0.25) is 0 Å². The third kappa shape index (κ3) is 2.27. The number of piperidine rings is 1. The lowest BCUT2D eigenvalue weighted by Crippen LogP contribution is -2.43. The number of anilines is 1. The van der Waals surface area contributed by atoms with Crippen LogP contribution < -0.4 is 4.90 Å². The monoisotopic (exact) mass is 309 g/mol. The number of hydrogen-bond acceptors (Lipinski definition) is 3. The van der Waals surface area contributed by atoms with Crippen molar-refractivity contribution in [3.8, 4) is 0 Å². The third-order valence-corrected chi connectivity index (χ3v) is 4.90. The van der Waals surface area contributed by atoms with E-state index in [1.165, 1.54) is 31.4 Å². The predicted octanol–water partition coefficient (Wildman–Crippen LogP) is 3.32. The van der Waals surface area contributed by atoms with Crippen molar-refractivity contribution in [2.75, 3.05) is 4.90 Å². The molecule has 0 aliphatic carbocycles. The van der Waals surface area contributed by atoms with Gasteiger partial charge in [0.1, 0.15) is 12.1 Å². The molecule has 98 valence electrons. The first-order valence-corrected chi connectivity index (χ1v) is 7.93. The van der Waals surface area contributed by atoms with Crippen LogP contribution in [0.4, 0.5) is 5.82 Å². The van der Waals surface area contributed by atoms with Crippen molar-refractivity contribution in [3.05, 3.63) is 18.1 Å². The number of alkyl halides is 1. The van der Waals surface area contributed by atoms with Gasteiger partial charge in [-0.25, -0.2) is 9.97 Å². The fourth-order valence-electron chi connectivity index (χ4n) is 3.40. The van der Waals surface area contributed by atoms with E-state index >= 15 is 0 Å². The molecule has 2 aliphatic rings. The lowest BCUT2D eigenvalue weighted by molar-refractivity contribution is 0.479. The van der Waals surface area contributed by atoms with Crippen LogP contribution >= 0.6 is 15.9 Å². The van der Waals surface area contributed by atoms with Gasteiger partial charge in [-0.05, 0) is 32.1 Å². The van der Waals surface area contributed by atoms with E-state index in [1.807, 2.05) is 0 Å². The highest BCUT2D eigenvalue weighted by molar-refractivity contribution is 9.09. The summed E-state index contributed by atoms with van der Waals surface area (Å²) in [7, 11) is 0. The first-order valence-electron chi connectivity index (χ1n) is 7.01. The molecule has 3 nitrogen and oxygen atoms in total. The number of aryl methyl sites for hydroxylation is 1. The highest BCUT2D eigenvalue weighted by Crippen LogP contribution is 2.40. The lowest BCUT2D eigenvalue weighted by Gasteiger charge is -2.38. The Morgan fingerprint density at radius 3 is 2.67 bits per heavy atom. The van der Waals surface area contributed by atoms with E-state index in [9.17, 15) is 0 Å². The van der Waals surface area contributed by atoms with Gasteiger partial charge in [-0.15, -0.1) is 0 Å². The maximum atomic E-state index is 4.51. The second kappa shape index (κ2) is 5.16. The van der Waals surface area contributed by atoms with Crippen molar-refractivity contribution < 1.29 is 0 Å². The summed E-state index contributed by atoms with van der Waals surface area (Å²) in [4.78, 5) is 12.1. The van der Waals surface area contributed by atoms with Gasteiger partial charge in [-0.1, -0.05) is 29.3 Å². The summed E-state index contributed by atoms with van der Waals surface area (Å²) in [6, 6.07) is 3.55. The molecule has 2 fully saturated rings. The van der Waals surface area contributed by atoms with Gasteiger partial charge >= 0.3 is 0 Å². The molecular formula is C14H20BrN3. The summed E-state index contributed by atoms with van der Waals surface area (Å²) in [5.74, 6) is 1.15. The van der Waals surface area contributed by atoms with Crippen molar-refractivity contribution in [2.45, 2.75) is 62.4 Å². The summed E-state index contributed by atoms with van der Waals surface area (Å²) in [5.41, 5.74) is 1.18. The van der Waals surface area contributed by atoms with E-state index in [4.69, 9.17) is 0 Å². The van der Waals surface area contributed by atoms with E-state index in [0.29, 0.717) is 16.9 Å². The number of rotatable bonds is 3. The number of aromatic nitrogens is 2. The van der Waals surface area contributed by atoms with Gasteiger partial charge in [0, 0.05) is 28.7 Å². The van der Waals surface area contributed by atoms with Gasteiger partial charge in [0.05, 0.1) is 0 Å². The molecule has 0 amide bonds. The molecule has 4 heteroatoms. The average molecular weight is 310 g/mol. The van der Waals surface area contributed by atoms with Gasteiger partial charge in [0.2, 0.25) is 0 Å². The van der Waals surface area contributed by atoms with Crippen LogP contribution in [0.5, 0.6) is 0 Å². The maximum absolute atomic E-state index is 4.51. The SMILES string of the molecule is CCCc1cc(N2C3CCC2CC(Br)C3)ncn1. The fourth-order valence-corrected chi connectivity index (χ4v) is 4.27. The van der Waals surface area contributed by atoms with Crippen LogP contribution in [-0.4, -0.2) is 26.9 Å². The van der Waals surface area contributed by atoms with Crippen molar-refractivity contribution in [1.82, 2.24) is 9.97 Å². The minimum Gasteiger partial charge on any atom is -0.350 e. The highest BCUT2D eigenvalue weighted by atomic mass is 79.9. The number of fused-ring (bicyclic) bond motifs is 2. The van der Waals surface area contributed by atoms with Crippen molar-refractivity contribution in [2.24, 2.45) is 0 Å². The standard InChI is InChI=1S/C14H20BrN3/c1-2-3-11-8-14(17-9-16-11)18-12-4-5-13(18)7-10(15)6-12/h8-10,12-13H,2-7H2,1H3. The van der Waals surface area contributed by atoms with Crippen molar-refractivity contribution in [3.63, 3.8) is 0 Å². The molecule has 1 aromatic rings. The molecule has 2 saturated heterocycles. The Bertz CT molecular complexity index is 409. The zero-order valence-corrected chi connectivity index (χ0v) is 12.4. The lowest BCUT2D eigenvalue weighted by atomic mass is 10.0. The smallest absolute Gasteiger partial charge is 0.132 e. The van der Waals surface area contributed by atoms with Gasteiger partial charge in [-0.3, -0.25) is 0 Å². The van der Waals surface area contributed by atoms with E-state index in [1.54, 1.807) is 6.33 Å².